The first-order valence-electron chi connectivity index (χ1n) is 8.47. The SMILES string of the molecule is CC1CCC(C2(O)CCCCC2c2ccccc2)CC1. The first-order valence-corrected chi connectivity index (χ1v) is 8.47. The Morgan fingerprint density at radius 1 is 0.950 bits per heavy atom. The van der Waals surface area contributed by atoms with E-state index in [0.717, 1.165) is 18.8 Å². The van der Waals surface area contributed by atoms with Crippen LogP contribution in [-0.4, -0.2) is 10.7 Å². The molecule has 0 aliphatic heterocycles. The summed E-state index contributed by atoms with van der Waals surface area (Å²) in [6, 6.07) is 10.7. The van der Waals surface area contributed by atoms with Gasteiger partial charge in [-0.15, -0.1) is 0 Å². The van der Waals surface area contributed by atoms with Crippen molar-refractivity contribution in [2.75, 3.05) is 0 Å². The van der Waals surface area contributed by atoms with Gasteiger partial charge in [-0.25, -0.2) is 0 Å². The molecule has 3 rings (SSSR count). The zero-order chi connectivity index (χ0) is 14.0. The van der Waals surface area contributed by atoms with E-state index in [1.165, 1.54) is 44.1 Å². The maximum Gasteiger partial charge on any atom is 0.0743 e. The highest BCUT2D eigenvalue weighted by Crippen LogP contribution is 2.49. The fraction of sp³-hybridized carbons (Fsp3) is 0.684. The smallest absolute Gasteiger partial charge is 0.0743 e. The van der Waals surface area contributed by atoms with Gasteiger partial charge in [0.1, 0.15) is 0 Å². The Kier molecular flexibility index (Phi) is 4.16. The van der Waals surface area contributed by atoms with E-state index >= 15 is 0 Å². The molecule has 0 spiro atoms. The van der Waals surface area contributed by atoms with Crippen LogP contribution in [0.25, 0.3) is 0 Å². The molecule has 0 bridgehead atoms. The van der Waals surface area contributed by atoms with Crippen LogP contribution in [-0.2, 0) is 0 Å². The molecule has 2 aliphatic carbocycles. The van der Waals surface area contributed by atoms with E-state index in [4.69, 9.17) is 0 Å². The van der Waals surface area contributed by atoms with Crippen LogP contribution in [0.4, 0.5) is 0 Å². The topological polar surface area (TPSA) is 20.2 Å². The molecule has 1 N–H and O–H groups in total. The van der Waals surface area contributed by atoms with Gasteiger partial charge in [-0.05, 0) is 43.1 Å². The standard InChI is InChI=1S/C19H28O/c1-15-10-12-17(13-11-15)19(20)14-6-5-9-18(19)16-7-3-2-4-8-16/h2-4,7-8,15,17-18,20H,5-6,9-14H2,1H3. The second kappa shape index (κ2) is 5.89. The Morgan fingerprint density at radius 3 is 2.35 bits per heavy atom. The van der Waals surface area contributed by atoms with Gasteiger partial charge in [0, 0.05) is 5.92 Å². The second-order valence-electron chi connectivity index (χ2n) is 7.16. The molecule has 1 aromatic carbocycles. The first kappa shape index (κ1) is 14.1. The van der Waals surface area contributed by atoms with Gasteiger partial charge >= 0.3 is 0 Å². The highest BCUT2D eigenvalue weighted by atomic mass is 16.3. The molecule has 1 heteroatoms. The number of aliphatic hydroxyl groups is 1. The molecule has 0 aromatic heterocycles. The zero-order valence-corrected chi connectivity index (χ0v) is 12.7. The predicted octanol–water partition coefficient (Wildman–Crippen LogP) is 4.90. The van der Waals surface area contributed by atoms with Crippen LogP contribution in [0, 0.1) is 11.8 Å². The number of benzene rings is 1. The van der Waals surface area contributed by atoms with Gasteiger partial charge in [-0.2, -0.15) is 0 Å². The molecule has 2 unspecified atom stereocenters. The van der Waals surface area contributed by atoms with Crippen molar-refractivity contribution in [3.8, 4) is 0 Å². The molecule has 2 aliphatic rings. The lowest BCUT2D eigenvalue weighted by molar-refractivity contribution is -0.0817. The molecule has 2 saturated carbocycles. The van der Waals surface area contributed by atoms with E-state index in [0.29, 0.717) is 11.8 Å². The van der Waals surface area contributed by atoms with Crippen molar-refractivity contribution < 1.29 is 5.11 Å². The molecule has 0 amide bonds. The van der Waals surface area contributed by atoms with E-state index in [9.17, 15) is 5.11 Å². The van der Waals surface area contributed by atoms with Crippen LogP contribution in [0.2, 0.25) is 0 Å². The highest BCUT2D eigenvalue weighted by Gasteiger charge is 2.46. The number of hydrogen-bond acceptors (Lipinski definition) is 1. The van der Waals surface area contributed by atoms with Crippen molar-refractivity contribution >= 4 is 0 Å². The van der Waals surface area contributed by atoms with Crippen LogP contribution in [0.3, 0.4) is 0 Å². The van der Waals surface area contributed by atoms with E-state index in [1.54, 1.807) is 0 Å². The summed E-state index contributed by atoms with van der Waals surface area (Å²) < 4.78 is 0. The Balaban J connectivity index is 1.84. The Hall–Kier alpha value is -0.820. The van der Waals surface area contributed by atoms with Crippen LogP contribution in [0.1, 0.15) is 69.8 Å². The van der Waals surface area contributed by atoms with Gasteiger partial charge in [0.2, 0.25) is 0 Å². The number of rotatable bonds is 2. The van der Waals surface area contributed by atoms with Crippen molar-refractivity contribution in [1.29, 1.82) is 0 Å². The molecule has 110 valence electrons. The molecular weight excluding hydrogens is 244 g/mol. The van der Waals surface area contributed by atoms with Crippen molar-refractivity contribution in [2.45, 2.75) is 69.8 Å². The van der Waals surface area contributed by atoms with E-state index in [2.05, 4.69) is 37.3 Å². The fourth-order valence-electron chi connectivity index (χ4n) is 4.57. The summed E-state index contributed by atoms with van der Waals surface area (Å²) in [5, 5.41) is 11.5. The highest BCUT2D eigenvalue weighted by molar-refractivity contribution is 5.24. The lowest BCUT2D eigenvalue weighted by atomic mass is 9.62. The molecule has 0 heterocycles. The van der Waals surface area contributed by atoms with E-state index in [1.807, 2.05) is 0 Å². The van der Waals surface area contributed by atoms with Crippen LogP contribution >= 0.6 is 0 Å². The van der Waals surface area contributed by atoms with Crippen LogP contribution in [0.15, 0.2) is 30.3 Å². The molecule has 2 fully saturated rings. The quantitative estimate of drug-likeness (QED) is 0.811. The maximum atomic E-state index is 11.5. The van der Waals surface area contributed by atoms with E-state index in [-0.39, 0.29) is 0 Å². The third kappa shape index (κ3) is 2.65. The fourth-order valence-corrected chi connectivity index (χ4v) is 4.57. The van der Waals surface area contributed by atoms with Crippen molar-refractivity contribution in [1.82, 2.24) is 0 Å². The summed E-state index contributed by atoms with van der Waals surface area (Å²) in [6.45, 7) is 2.36. The second-order valence-corrected chi connectivity index (χ2v) is 7.16. The third-order valence-electron chi connectivity index (χ3n) is 5.85. The molecule has 0 saturated heterocycles. The summed E-state index contributed by atoms with van der Waals surface area (Å²) in [7, 11) is 0. The van der Waals surface area contributed by atoms with Gasteiger partial charge < -0.3 is 5.11 Å². The average Bonchev–Trinajstić information content (AvgIpc) is 2.49. The summed E-state index contributed by atoms with van der Waals surface area (Å²) in [6.07, 6.45) is 9.68. The van der Waals surface area contributed by atoms with Gasteiger partial charge in [-0.1, -0.05) is 62.9 Å². The average molecular weight is 272 g/mol. The zero-order valence-electron chi connectivity index (χ0n) is 12.7. The molecule has 2 atom stereocenters. The van der Waals surface area contributed by atoms with Crippen LogP contribution < -0.4 is 0 Å². The van der Waals surface area contributed by atoms with Crippen molar-refractivity contribution in [3.05, 3.63) is 35.9 Å². The van der Waals surface area contributed by atoms with Gasteiger partial charge in [0.05, 0.1) is 5.60 Å². The summed E-state index contributed by atoms with van der Waals surface area (Å²) >= 11 is 0. The molecule has 20 heavy (non-hydrogen) atoms. The first-order chi connectivity index (χ1) is 9.70. The summed E-state index contributed by atoms with van der Waals surface area (Å²) in [5.41, 5.74) is 0.910. The molecule has 1 aromatic rings. The largest absolute Gasteiger partial charge is 0.389 e. The minimum Gasteiger partial charge on any atom is -0.389 e. The van der Waals surface area contributed by atoms with Crippen LogP contribution in [0.5, 0.6) is 0 Å². The van der Waals surface area contributed by atoms with E-state index < -0.39 is 5.60 Å². The lowest BCUT2D eigenvalue weighted by Gasteiger charge is -2.47. The molecule has 1 nitrogen and oxygen atoms in total. The van der Waals surface area contributed by atoms with Gasteiger partial charge in [0.15, 0.2) is 0 Å². The molecular formula is C19H28O. The lowest BCUT2D eigenvalue weighted by Crippen LogP contribution is -2.47. The van der Waals surface area contributed by atoms with Gasteiger partial charge in [-0.3, -0.25) is 0 Å². The van der Waals surface area contributed by atoms with Crippen molar-refractivity contribution in [3.63, 3.8) is 0 Å². The Bertz CT molecular complexity index is 419. The van der Waals surface area contributed by atoms with Crippen molar-refractivity contribution in [2.24, 2.45) is 11.8 Å². The normalized spacial score (nSPS) is 38.6. The van der Waals surface area contributed by atoms with Gasteiger partial charge in [0.25, 0.3) is 0 Å². The maximum absolute atomic E-state index is 11.5. The summed E-state index contributed by atoms with van der Waals surface area (Å²) in [5.74, 6) is 1.73. The third-order valence-corrected chi connectivity index (χ3v) is 5.85. The Labute approximate surface area is 123 Å². The predicted molar refractivity (Wildman–Crippen MR) is 83.7 cm³/mol. The Morgan fingerprint density at radius 2 is 1.65 bits per heavy atom. The molecule has 0 radical (unpaired) electrons. The minimum absolute atomic E-state index is 0.357. The monoisotopic (exact) mass is 272 g/mol. The number of hydrogen-bond donors (Lipinski definition) is 1. The summed E-state index contributed by atoms with van der Waals surface area (Å²) in [4.78, 5) is 0. The minimum atomic E-state index is -0.445.